The molecule has 1 amide bonds. The van der Waals surface area contributed by atoms with E-state index in [1.165, 1.54) is 5.56 Å². The molecule has 1 fully saturated rings. The normalized spacial score (nSPS) is 21.2. The molecule has 0 radical (unpaired) electrons. The molecular weight excluding hydrogens is 272 g/mol. The van der Waals surface area contributed by atoms with Gasteiger partial charge in [0.05, 0.1) is 19.7 Å². The fourth-order valence-electron chi connectivity index (χ4n) is 2.86. The Morgan fingerprint density at radius 3 is 2.90 bits per heavy atom. The van der Waals surface area contributed by atoms with Gasteiger partial charge in [-0.15, -0.1) is 0 Å². The molecule has 0 bridgehead atoms. The molecule has 0 aliphatic carbocycles. The minimum absolute atomic E-state index is 0.0405. The minimum Gasteiger partial charge on any atom is -0.479 e. The highest BCUT2D eigenvalue weighted by molar-refractivity contribution is 5.83. The molecule has 21 heavy (non-hydrogen) atoms. The van der Waals surface area contributed by atoms with Gasteiger partial charge in [-0.2, -0.15) is 0 Å². The van der Waals surface area contributed by atoms with Crippen LogP contribution < -0.4 is 4.90 Å². The van der Waals surface area contributed by atoms with Crippen LogP contribution in [0.4, 0.5) is 5.69 Å². The number of fused-ring (bicyclic) bond motifs is 1. The summed E-state index contributed by atoms with van der Waals surface area (Å²) in [6.07, 6.45) is 0.0400. The summed E-state index contributed by atoms with van der Waals surface area (Å²) in [5, 5.41) is 8.98. The second-order valence-corrected chi connectivity index (χ2v) is 5.34. The zero-order valence-electron chi connectivity index (χ0n) is 11.7. The predicted molar refractivity (Wildman–Crippen MR) is 76.3 cm³/mol. The fraction of sp³-hybridized carbons (Fsp3) is 0.467. The van der Waals surface area contributed by atoms with Crippen molar-refractivity contribution in [1.29, 1.82) is 0 Å². The van der Waals surface area contributed by atoms with E-state index >= 15 is 0 Å². The number of benzene rings is 1. The van der Waals surface area contributed by atoms with Crippen LogP contribution in [0.15, 0.2) is 24.3 Å². The number of hydrogen-bond acceptors (Lipinski definition) is 4. The SMILES string of the molecule is O=C(O)C1CN(C(=O)CN2CCc3ccccc32)CCO1. The molecule has 1 N–H and O–H groups in total. The summed E-state index contributed by atoms with van der Waals surface area (Å²) in [4.78, 5) is 27.0. The summed E-state index contributed by atoms with van der Waals surface area (Å²) in [6, 6.07) is 8.07. The number of nitrogens with zero attached hydrogens (tertiary/aromatic N) is 2. The van der Waals surface area contributed by atoms with Crippen molar-refractivity contribution in [1.82, 2.24) is 4.90 Å². The fourth-order valence-corrected chi connectivity index (χ4v) is 2.86. The summed E-state index contributed by atoms with van der Waals surface area (Å²) in [6.45, 7) is 1.99. The Morgan fingerprint density at radius 1 is 1.29 bits per heavy atom. The first-order chi connectivity index (χ1) is 10.1. The predicted octanol–water partition coefficient (Wildman–Crippen LogP) is 0.361. The standard InChI is InChI=1S/C15H18N2O4/c18-14(17-7-8-21-13(9-17)15(19)20)10-16-6-5-11-3-1-2-4-12(11)16/h1-4,13H,5-10H2,(H,19,20). The largest absolute Gasteiger partial charge is 0.479 e. The van der Waals surface area contributed by atoms with E-state index in [2.05, 4.69) is 11.0 Å². The smallest absolute Gasteiger partial charge is 0.334 e. The van der Waals surface area contributed by atoms with E-state index in [-0.39, 0.29) is 19.1 Å². The first kappa shape index (κ1) is 13.9. The molecular formula is C15H18N2O4. The quantitative estimate of drug-likeness (QED) is 0.870. The molecule has 2 heterocycles. The maximum Gasteiger partial charge on any atom is 0.334 e. The molecule has 1 unspecified atom stereocenters. The number of hydrogen-bond donors (Lipinski definition) is 1. The average Bonchev–Trinajstić information content (AvgIpc) is 2.91. The Bertz CT molecular complexity index is 560. The molecule has 3 rings (SSSR count). The summed E-state index contributed by atoms with van der Waals surface area (Å²) < 4.78 is 5.14. The lowest BCUT2D eigenvalue weighted by Crippen LogP contribution is -2.51. The Balaban J connectivity index is 1.63. The Labute approximate surface area is 122 Å². The monoisotopic (exact) mass is 290 g/mol. The van der Waals surface area contributed by atoms with Gasteiger partial charge in [0.2, 0.25) is 5.91 Å². The van der Waals surface area contributed by atoms with Crippen LogP contribution in [-0.4, -0.2) is 60.8 Å². The molecule has 0 saturated carbocycles. The van der Waals surface area contributed by atoms with Gasteiger partial charge < -0.3 is 19.6 Å². The molecule has 0 aromatic heterocycles. The molecule has 1 atom stereocenters. The van der Waals surface area contributed by atoms with Crippen molar-refractivity contribution < 1.29 is 19.4 Å². The average molecular weight is 290 g/mol. The van der Waals surface area contributed by atoms with E-state index in [0.29, 0.717) is 13.1 Å². The van der Waals surface area contributed by atoms with Crippen LogP contribution in [0.2, 0.25) is 0 Å². The molecule has 6 nitrogen and oxygen atoms in total. The summed E-state index contributed by atoms with van der Waals surface area (Å²) >= 11 is 0. The summed E-state index contributed by atoms with van der Waals surface area (Å²) in [5.74, 6) is -1.06. The molecule has 0 spiro atoms. The van der Waals surface area contributed by atoms with Crippen molar-refractivity contribution >= 4 is 17.6 Å². The van der Waals surface area contributed by atoms with E-state index < -0.39 is 12.1 Å². The molecule has 112 valence electrons. The lowest BCUT2D eigenvalue weighted by molar-refractivity contribution is -0.159. The first-order valence-corrected chi connectivity index (χ1v) is 7.10. The number of carbonyl (C=O) groups is 2. The topological polar surface area (TPSA) is 70.1 Å². The number of rotatable bonds is 3. The zero-order chi connectivity index (χ0) is 14.8. The van der Waals surface area contributed by atoms with Gasteiger partial charge in [0.15, 0.2) is 6.10 Å². The second-order valence-electron chi connectivity index (χ2n) is 5.34. The van der Waals surface area contributed by atoms with Crippen LogP contribution in [0.1, 0.15) is 5.56 Å². The maximum absolute atomic E-state index is 12.4. The van der Waals surface area contributed by atoms with Crippen molar-refractivity contribution in [2.75, 3.05) is 37.7 Å². The zero-order valence-corrected chi connectivity index (χ0v) is 11.7. The molecule has 1 aromatic carbocycles. The molecule has 6 heteroatoms. The van der Waals surface area contributed by atoms with Crippen LogP contribution >= 0.6 is 0 Å². The third kappa shape index (κ3) is 2.85. The van der Waals surface area contributed by atoms with Gasteiger partial charge in [-0.1, -0.05) is 18.2 Å². The molecule has 2 aliphatic rings. The third-order valence-electron chi connectivity index (χ3n) is 4.00. The Morgan fingerprint density at radius 2 is 2.10 bits per heavy atom. The summed E-state index contributed by atoms with van der Waals surface area (Å²) in [7, 11) is 0. The van der Waals surface area contributed by atoms with Crippen LogP contribution in [0.3, 0.4) is 0 Å². The number of para-hydroxylation sites is 1. The number of amides is 1. The number of ether oxygens (including phenoxy) is 1. The third-order valence-corrected chi connectivity index (χ3v) is 4.00. The van der Waals surface area contributed by atoms with E-state index in [1.54, 1.807) is 4.90 Å². The van der Waals surface area contributed by atoms with Crippen molar-refractivity contribution in [3.63, 3.8) is 0 Å². The van der Waals surface area contributed by atoms with E-state index in [0.717, 1.165) is 18.7 Å². The van der Waals surface area contributed by atoms with E-state index in [1.807, 2.05) is 18.2 Å². The van der Waals surface area contributed by atoms with Crippen molar-refractivity contribution in [2.24, 2.45) is 0 Å². The van der Waals surface area contributed by atoms with Gasteiger partial charge in [0.1, 0.15) is 0 Å². The van der Waals surface area contributed by atoms with Gasteiger partial charge in [-0.25, -0.2) is 4.79 Å². The van der Waals surface area contributed by atoms with E-state index in [4.69, 9.17) is 9.84 Å². The highest BCUT2D eigenvalue weighted by Gasteiger charge is 2.30. The van der Waals surface area contributed by atoms with Crippen LogP contribution in [-0.2, 0) is 20.7 Å². The number of anilines is 1. The van der Waals surface area contributed by atoms with Gasteiger partial charge >= 0.3 is 5.97 Å². The highest BCUT2D eigenvalue weighted by atomic mass is 16.5. The second kappa shape index (κ2) is 5.73. The van der Waals surface area contributed by atoms with Gasteiger partial charge in [-0.05, 0) is 18.1 Å². The van der Waals surface area contributed by atoms with Crippen LogP contribution in [0.25, 0.3) is 0 Å². The Kier molecular flexibility index (Phi) is 3.79. The first-order valence-electron chi connectivity index (χ1n) is 7.10. The number of morpholine rings is 1. The Hall–Kier alpha value is -2.08. The maximum atomic E-state index is 12.4. The number of aliphatic carboxylic acids is 1. The molecule has 1 aromatic rings. The van der Waals surface area contributed by atoms with Gasteiger partial charge in [0.25, 0.3) is 0 Å². The molecule has 2 aliphatic heterocycles. The highest BCUT2D eigenvalue weighted by Crippen LogP contribution is 2.27. The van der Waals surface area contributed by atoms with Crippen LogP contribution in [0, 0.1) is 0 Å². The van der Waals surface area contributed by atoms with Gasteiger partial charge in [0, 0.05) is 18.8 Å². The van der Waals surface area contributed by atoms with Crippen molar-refractivity contribution in [3.05, 3.63) is 29.8 Å². The van der Waals surface area contributed by atoms with Crippen molar-refractivity contribution in [2.45, 2.75) is 12.5 Å². The lowest BCUT2D eigenvalue weighted by Gasteiger charge is -2.32. The molecule has 1 saturated heterocycles. The summed E-state index contributed by atoms with van der Waals surface area (Å²) in [5.41, 5.74) is 2.37. The minimum atomic E-state index is -1.01. The number of carboxylic acids is 1. The number of carboxylic acid groups (broad SMARTS) is 1. The van der Waals surface area contributed by atoms with Gasteiger partial charge in [-0.3, -0.25) is 4.79 Å². The number of carbonyl (C=O) groups excluding carboxylic acids is 1. The van der Waals surface area contributed by atoms with E-state index in [9.17, 15) is 9.59 Å². The lowest BCUT2D eigenvalue weighted by atomic mass is 10.2. The van der Waals surface area contributed by atoms with Crippen LogP contribution in [0.5, 0.6) is 0 Å². The van der Waals surface area contributed by atoms with Crippen molar-refractivity contribution in [3.8, 4) is 0 Å².